The lowest BCUT2D eigenvalue weighted by atomic mass is 10.2. The molecule has 0 saturated heterocycles. The Morgan fingerprint density at radius 3 is 2.56 bits per heavy atom. The molecule has 2 rings (SSSR count). The largest absolute Gasteiger partial charge is 0.477 e. The topological polar surface area (TPSA) is 70.5 Å². The Kier molecular flexibility index (Phi) is 3.32. The molecule has 1 amide bonds. The maximum Gasteiger partial charge on any atom is 0.354 e. The maximum absolute atomic E-state index is 12.2. The fraction of sp³-hybridized carbons (Fsp3) is 0.462. The number of carbonyl (C=O) groups excluding carboxylic acids is 1. The van der Waals surface area contributed by atoms with E-state index in [0.29, 0.717) is 5.92 Å². The van der Waals surface area contributed by atoms with Gasteiger partial charge in [-0.05, 0) is 37.8 Å². The molecule has 1 aliphatic carbocycles. The predicted molar refractivity (Wildman–Crippen MR) is 65.5 cm³/mol. The van der Waals surface area contributed by atoms with Gasteiger partial charge in [-0.25, -0.2) is 9.78 Å². The Hall–Kier alpha value is -1.91. The fourth-order valence-electron chi connectivity index (χ4n) is 1.93. The summed E-state index contributed by atoms with van der Waals surface area (Å²) in [5, 5.41) is 8.85. The van der Waals surface area contributed by atoms with Gasteiger partial charge in [-0.1, -0.05) is 6.07 Å². The Morgan fingerprint density at radius 1 is 1.39 bits per heavy atom. The van der Waals surface area contributed by atoms with Gasteiger partial charge in [0, 0.05) is 13.1 Å². The van der Waals surface area contributed by atoms with Crippen molar-refractivity contribution in [2.75, 3.05) is 7.05 Å². The lowest BCUT2D eigenvalue weighted by molar-refractivity contribution is 0.0689. The highest BCUT2D eigenvalue weighted by atomic mass is 16.4. The highest BCUT2D eigenvalue weighted by Crippen LogP contribution is 2.34. The van der Waals surface area contributed by atoms with Gasteiger partial charge in [0.05, 0.1) is 0 Å². The molecule has 18 heavy (non-hydrogen) atoms. The minimum Gasteiger partial charge on any atom is -0.477 e. The molecular formula is C13H16N2O3. The molecule has 0 spiro atoms. The van der Waals surface area contributed by atoms with Gasteiger partial charge in [-0.15, -0.1) is 0 Å². The van der Waals surface area contributed by atoms with Gasteiger partial charge in [0.1, 0.15) is 11.4 Å². The Balaban J connectivity index is 2.17. The minimum absolute atomic E-state index is 0.103. The second-order valence-electron chi connectivity index (χ2n) is 4.71. The van der Waals surface area contributed by atoms with E-state index in [4.69, 9.17) is 5.11 Å². The molecule has 1 saturated carbocycles. The second kappa shape index (κ2) is 4.76. The number of hydrogen-bond donors (Lipinski definition) is 1. The van der Waals surface area contributed by atoms with E-state index in [1.807, 2.05) is 6.92 Å². The van der Waals surface area contributed by atoms with E-state index in [-0.39, 0.29) is 23.3 Å². The van der Waals surface area contributed by atoms with Gasteiger partial charge < -0.3 is 10.0 Å². The molecule has 1 unspecified atom stereocenters. The molecule has 0 aliphatic heterocycles. The number of carbonyl (C=O) groups is 2. The van der Waals surface area contributed by atoms with Gasteiger partial charge in [-0.2, -0.15) is 0 Å². The summed E-state index contributed by atoms with van der Waals surface area (Å²) < 4.78 is 0. The van der Waals surface area contributed by atoms with E-state index in [1.54, 1.807) is 24.1 Å². The van der Waals surface area contributed by atoms with Crippen LogP contribution in [-0.4, -0.2) is 40.0 Å². The zero-order valence-corrected chi connectivity index (χ0v) is 10.5. The molecule has 5 nitrogen and oxygen atoms in total. The van der Waals surface area contributed by atoms with Gasteiger partial charge in [-0.3, -0.25) is 4.79 Å². The van der Waals surface area contributed by atoms with Crippen molar-refractivity contribution in [2.24, 2.45) is 5.92 Å². The van der Waals surface area contributed by atoms with Crippen LogP contribution >= 0.6 is 0 Å². The first-order valence-electron chi connectivity index (χ1n) is 5.98. The van der Waals surface area contributed by atoms with Crippen LogP contribution in [0.25, 0.3) is 0 Å². The van der Waals surface area contributed by atoms with Crippen LogP contribution < -0.4 is 0 Å². The van der Waals surface area contributed by atoms with Crippen LogP contribution in [0.2, 0.25) is 0 Å². The van der Waals surface area contributed by atoms with Crippen molar-refractivity contribution in [3.05, 3.63) is 29.6 Å². The van der Waals surface area contributed by atoms with E-state index < -0.39 is 5.97 Å². The molecule has 5 heteroatoms. The van der Waals surface area contributed by atoms with Crippen LogP contribution in [0.3, 0.4) is 0 Å². The summed E-state index contributed by atoms with van der Waals surface area (Å²) in [5.74, 6) is -0.776. The number of hydrogen-bond acceptors (Lipinski definition) is 3. The number of carboxylic acids is 1. The molecule has 0 bridgehead atoms. The highest BCUT2D eigenvalue weighted by Gasteiger charge is 2.33. The molecule has 1 fully saturated rings. The van der Waals surface area contributed by atoms with Crippen molar-refractivity contribution >= 4 is 11.9 Å². The second-order valence-corrected chi connectivity index (χ2v) is 4.71. The van der Waals surface area contributed by atoms with Crippen LogP contribution in [-0.2, 0) is 0 Å². The molecular weight excluding hydrogens is 232 g/mol. The molecule has 1 N–H and O–H groups in total. The van der Waals surface area contributed by atoms with E-state index in [0.717, 1.165) is 12.8 Å². The van der Waals surface area contributed by atoms with Crippen molar-refractivity contribution in [3.63, 3.8) is 0 Å². The summed E-state index contributed by atoms with van der Waals surface area (Å²) in [6, 6.07) is 4.64. The van der Waals surface area contributed by atoms with E-state index in [9.17, 15) is 9.59 Å². The molecule has 1 atom stereocenters. The predicted octanol–water partition coefficient (Wildman–Crippen LogP) is 1.65. The van der Waals surface area contributed by atoms with Crippen LogP contribution in [0.15, 0.2) is 18.2 Å². The first-order chi connectivity index (χ1) is 8.50. The molecule has 1 heterocycles. The molecule has 96 valence electrons. The summed E-state index contributed by atoms with van der Waals surface area (Å²) >= 11 is 0. The quantitative estimate of drug-likeness (QED) is 0.879. The van der Waals surface area contributed by atoms with E-state index in [1.165, 1.54) is 6.07 Å². The van der Waals surface area contributed by atoms with Gasteiger partial charge >= 0.3 is 5.97 Å². The number of amides is 1. The van der Waals surface area contributed by atoms with Crippen molar-refractivity contribution in [2.45, 2.75) is 25.8 Å². The van der Waals surface area contributed by atoms with Gasteiger partial charge in [0.15, 0.2) is 0 Å². The molecule has 1 aromatic rings. The summed E-state index contributed by atoms with van der Waals surface area (Å²) in [6.07, 6.45) is 2.31. The number of rotatable bonds is 4. The third-order valence-electron chi connectivity index (χ3n) is 3.42. The Bertz CT molecular complexity index is 483. The standard InChI is InChI=1S/C13H16N2O3/c1-8(9-6-7-9)15(2)12(16)10-4-3-5-11(14-10)13(17)18/h3-5,8-9H,6-7H2,1-2H3,(H,17,18). The van der Waals surface area contributed by atoms with Crippen molar-refractivity contribution in [1.82, 2.24) is 9.88 Å². The Labute approximate surface area is 105 Å². The number of aromatic carboxylic acids is 1. The summed E-state index contributed by atoms with van der Waals surface area (Å²) in [6.45, 7) is 2.01. The average molecular weight is 248 g/mol. The van der Waals surface area contributed by atoms with Crippen LogP contribution in [0.4, 0.5) is 0 Å². The zero-order valence-electron chi connectivity index (χ0n) is 10.5. The Morgan fingerprint density at radius 2 is 2.00 bits per heavy atom. The third kappa shape index (κ3) is 2.50. The van der Waals surface area contributed by atoms with E-state index in [2.05, 4.69) is 4.98 Å². The van der Waals surface area contributed by atoms with Crippen molar-refractivity contribution in [3.8, 4) is 0 Å². The first kappa shape index (κ1) is 12.5. The molecule has 0 aromatic carbocycles. The molecule has 0 radical (unpaired) electrons. The monoisotopic (exact) mass is 248 g/mol. The number of pyridine rings is 1. The molecule has 1 aromatic heterocycles. The van der Waals surface area contributed by atoms with Crippen LogP contribution in [0.1, 0.15) is 40.7 Å². The van der Waals surface area contributed by atoms with Crippen LogP contribution in [0, 0.1) is 5.92 Å². The lowest BCUT2D eigenvalue weighted by Gasteiger charge is -2.24. The van der Waals surface area contributed by atoms with Gasteiger partial charge in [0.25, 0.3) is 5.91 Å². The summed E-state index contributed by atoms with van der Waals surface area (Å²) in [4.78, 5) is 28.5. The summed E-state index contributed by atoms with van der Waals surface area (Å²) in [7, 11) is 1.74. The van der Waals surface area contributed by atoms with Gasteiger partial charge in [0.2, 0.25) is 0 Å². The molecule has 1 aliphatic rings. The normalized spacial score (nSPS) is 16.1. The smallest absolute Gasteiger partial charge is 0.354 e. The van der Waals surface area contributed by atoms with Crippen molar-refractivity contribution in [1.29, 1.82) is 0 Å². The zero-order chi connectivity index (χ0) is 13.3. The third-order valence-corrected chi connectivity index (χ3v) is 3.42. The SMILES string of the molecule is CC(C1CC1)N(C)C(=O)c1cccc(C(=O)O)n1. The minimum atomic E-state index is -1.12. The number of aromatic nitrogens is 1. The lowest BCUT2D eigenvalue weighted by Crippen LogP contribution is -2.37. The van der Waals surface area contributed by atoms with Crippen molar-refractivity contribution < 1.29 is 14.7 Å². The first-order valence-corrected chi connectivity index (χ1v) is 5.98. The highest BCUT2D eigenvalue weighted by molar-refractivity contribution is 5.94. The van der Waals surface area contributed by atoms with E-state index >= 15 is 0 Å². The summed E-state index contributed by atoms with van der Waals surface area (Å²) in [5.41, 5.74) is 0.0817. The number of nitrogens with zero attached hydrogens (tertiary/aromatic N) is 2. The average Bonchev–Trinajstić information content (AvgIpc) is 3.20. The number of carboxylic acid groups (broad SMARTS) is 1. The maximum atomic E-state index is 12.2. The fourth-order valence-corrected chi connectivity index (χ4v) is 1.93. The van der Waals surface area contributed by atoms with Crippen LogP contribution in [0.5, 0.6) is 0 Å².